The Kier molecular flexibility index (Phi) is 8.29. The summed E-state index contributed by atoms with van der Waals surface area (Å²) >= 11 is 5.97. The fraction of sp³-hybridized carbons (Fsp3) is 0.303. The zero-order chi connectivity index (χ0) is 30.8. The molecule has 9 nitrogen and oxygen atoms in total. The molecule has 1 fully saturated rings. The van der Waals surface area contributed by atoms with Gasteiger partial charge in [0.2, 0.25) is 0 Å². The first-order valence-corrected chi connectivity index (χ1v) is 14.9. The number of allylic oxidation sites excluding steroid dienone is 1. The maximum absolute atomic E-state index is 14.8. The predicted octanol–water partition coefficient (Wildman–Crippen LogP) is 6.09. The van der Waals surface area contributed by atoms with Crippen molar-refractivity contribution in [1.29, 1.82) is 0 Å². The number of carbonyl (C=O) groups is 1. The summed E-state index contributed by atoms with van der Waals surface area (Å²) in [4.78, 5) is 23.3. The average molecular weight is 618 g/mol. The highest BCUT2D eigenvalue weighted by Gasteiger charge is 2.43. The van der Waals surface area contributed by atoms with Crippen LogP contribution in [-0.2, 0) is 18.9 Å². The molecule has 2 aliphatic heterocycles. The molecule has 0 radical (unpaired) electrons. The quantitative estimate of drug-likeness (QED) is 0.218. The van der Waals surface area contributed by atoms with E-state index < -0.39 is 17.6 Å². The van der Waals surface area contributed by atoms with E-state index in [0.29, 0.717) is 41.7 Å². The number of fused-ring (bicyclic) bond motifs is 2. The SMILES string of the molecule is CC1(c2ccc(Cl)cc2F)Oc2cccc(C3CCN(Cc4nc5ccc(C(=O)O)cc5n4CCN=CC=CN)CC3)c2O1. The van der Waals surface area contributed by atoms with Crippen LogP contribution in [0.25, 0.3) is 11.0 Å². The molecule has 11 heteroatoms. The maximum Gasteiger partial charge on any atom is 0.335 e. The molecule has 0 bridgehead atoms. The summed E-state index contributed by atoms with van der Waals surface area (Å²) in [6.07, 6.45) is 6.52. The molecule has 2 aliphatic rings. The number of aromatic nitrogens is 2. The molecule has 0 aliphatic carbocycles. The van der Waals surface area contributed by atoms with E-state index in [1.165, 1.54) is 12.3 Å². The van der Waals surface area contributed by atoms with E-state index in [9.17, 15) is 14.3 Å². The highest BCUT2D eigenvalue weighted by Crippen LogP contribution is 2.49. The fourth-order valence-corrected chi connectivity index (χ4v) is 6.22. The van der Waals surface area contributed by atoms with Crippen molar-refractivity contribution in [3.05, 3.63) is 100 Å². The minimum absolute atomic E-state index is 0.220. The van der Waals surface area contributed by atoms with Crippen molar-refractivity contribution >= 4 is 34.8 Å². The summed E-state index contributed by atoms with van der Waals surface area (Å²) in [5, 5.41) is 9.85. The number of halogens is 2. The van der Waals surface area contributed by atoms with E-state index in [1.54, 1.807) is 49.5 Å². The maximum atomic E-state index is 14.8. The highest BCUT2D eigenvalue weighted by atomic mass is 35.5. The Morgan fingerprint density at radius 1 is 1.20 bits per heavy atom. The Labute approximate surface area is 259 Å². The fourth-order valence-electron chi connectivity index (χ4n) is 6.06. The van der Waals surface area contributed by atoms with Gasteiger partial charge >= 0.3 is 5.97 Å². The second kappa shape index (κ2) is 12.3. The van der Waals surface area contributed by atoms with Crippen LogP contribution in [0.15, 0.2) is 71.9 Å². The van der Waals surface area contributed by atoms with Gasteiger partial charge in [-0.1, -0.05) is 23.7 Å². The molecule has 1 saturated heterocycles. The number of carboxylic acid groups (broad SMARTS) is 1. The van der Waals surface area contributed by atoms with Crippen molar-refractivity contribution < 1.29 is 23.8 Å². The molecular weight excluding hydrogens is 585 g/mol. The van der Waals surface area contributed by atoms with Crippen molar-refractivity contribution in [2.75, 3.05) is 19.6 Å². The Morgan fingerprint density at radius 2 is 2.02 bits per heavy atom. The molecule has 228 valence electrons. The van der Waals surface area contributed by atoms with E-state index >= 15 is 0 Å². The minimum atomic E-state index is -1.29. The van der Waals surface area contributed by atoms with Crippen LogP contribution in [0.5, 0.6) is 11.5 Å². The van der Waals surface area contributed by atoms with E-state index in [4.69, 9.17) is 31.8 Å². The Morgan fingerprint density at radius 3 is 2.77 bits per heavy atom. The van der Waals surface area contributed by atoms with Crippen molar-refractivity contribution in [2.45, 2.75) is 44.6 Å². The topological polar surface area (TPSA) is 115 Å². The van der Waals surface area contributed by atoms with E-state index in [-0.39, 0.29) is 11.5 Å². The highest BCUT2D eigenvalue weighted by molar-refractivity contribution is 6.30. The van der Waals surface area contributed by atoms with Gasteiger partial charge in [0.15, 0.2) is 11.5 Å². The van der Waals surface area contributed by atoms with E-state index in [2.05, 4.69) is 20.5 Å². The van der Waals surface area contributed by atoms with Crippen molar-refractivity contribution in [3.8, 4) is 11.5 Å². The molecule has 1 atom stereocenters. The molecule has 44 heavy (non-hydrogen) atoms. The number of imidazole rings is 1. The number of hydrogen-bond donors (Lipinski definition) is 2. The lowest BCUT2D eigenvalue weighted by atomic mass is 9.88. The standard InChI is InChI=1S/C33H33ClFN5O4/c1-33(25-8-7-23(34)19-26(25)35)43-29-5-2-4-24(31(29)44-33)21-10-15-39(16-11-21)20-30-38-27-9-6-22(32(41)42)18-28(27)40(30)17-14-37-13-3-12-36/h2-9,12-13,18-19,21H,10-11,14-17,20,36H2,1H3,(H,41,42). The molecule has 3 aromatic carbocycles. The van der Waals surface area contributed by atoms with Gasteiger partial charge in [0.1, 0.15) is 11.6 Å². The smallest absolute Gasteiger partial charge is 0.335 e. The lowest BCUT2D eigenvalue weighted by Crippen LogP contribution is -2.34. The summed E-state index contributed by atoms with van der Waals surface area (Å²) in [5.74, 6) is -0.391. The molecule has 0 spiro atoms. The number of para-hydroxylation sites is 1. The van der Waals surface area contributed by atoms with E-state index in [0.717, 1.165) is 48.4 Å². The first-order chi connectivity index (χ1) is 21.3. The van der Waals surface area contributed by atoms with Gasteiger partial charge in [0, 0.05) is 30.3 Å². The van der Waals surface area contributed by atoms with Gasteiger partial charge in [-0.3, -0.25) is 9.89 Å². The number of piperidine rings is 1. The Bertz CT molecular complexity index is 1760. The van der Waals surface area contributed by atoms with Crippen LogP contribution in [0.4, 0.5) is 4.39 Å². The number of hydrogen-bond acceptors (Lipinski definition) is 7. The summed E-state index contributed by atoms with van der Waals surface area (Å²) in [5.41, 5.74) is 8.48. The number of benzene rings is 3. The summed E-state index contributed by atoms with van der Waals surface area (Å²) < 4.78 is 29.4. The molecule has 3 N–H and O–H groups in total. The number of aromatic carboxylic acids is 1. The van der Waals surface area contributed by atoms with Crippen molar-refractivity contribution in [1.82, 2.24) is 14.5 Å². The van der Waals surface area contributed by atoms with Crippen LogP contribution in [0.1, 0.15) is 53.0 Å². The van der Waals surface area contributed by atoms with Gasteiger partial charge in [-0.25, -0.2) is 14.2 Å². The van der Waals surface area contributed by atoms with Gasteiger partial charge in [-0.15, -0.1) is 0 Å². The molecule has 1 unspecified atom stereocenters. The molecule has 0 saturated carbocycles. The lowest BCUT2D eigenvalue weighted by molar-refractivity contribution is -0.0712. The molecule has 1 aromatic heterocycles. The normalized spacial score (nSPS) is 19.1. The second-order valence-electron chi connectivity index (χ2n) is 11.1. The minimum Gasteiger partial charge on any atom is -0.478 e. The number of likely N-dealkylation sites (tertiary alicyclic amines) is 1. The van der Waals surface area contributed by atoms with Crippen LogP contribution < -0.4 is 15.2 Å². The lowest BCUT2D eigenvalue weighted by Gasteiger charge is -2.32. The number of ether oxygens (including phenoxy) is 2. The number of rotatable bonds is 9. The van der Waals surface area contributed by atoms with Crippen LogP contribution in [0.2, 0.25) is 5.02 Å². The monoisotopic (exact) mass is 617 g/mol. The zero-order valence-corrected chi connectivity index (χ0v) is 25.0. The molecular formula is C33H33ClFN5O4. The Hall–Kier alpha value is -4.41. The van der Waals surface area contributed by atoms with Gasteiger partial charge in [-0.2, -0.15) is 0 Å². The van der Waals surface area contributed by atoms with Gasteiger partial charge in [0.05, 0.1) is 35.2 Å². The van der Waals surface area contributed by atoms with Crippen molar-refractivity contribution in [3.63, 3.8) is 0 Å². The van der Waals surface area contributed by atoms with Gasteiger partial charge in [-0.05, 0) is 86.6 Å². The van der Waals surface area contributed by atoms with Crippen molar-refractivity contribution in [2.24, 2.45) is 10.7 Å². The van der Waals surface area contributed by atoms with Gasteiger partial charge in [0.25, 0.3) is 5.79 Å². The number of nitrogens with zero attached hydrogens (tertiary/aromatic N) is 4. The van der Waals surface area contributed by atoms with E-state index in [1.807, 2.05) is 12.1 Å². The first-order valence-electron chi connectivity index (χ1n) is 14.5. The van der Waals surface area contributed by atoms with Gasteiger partial charge < -0.3 is 24.9 Å². The third-order valence-electron chi connectivity index (χ3n) is 8.25. The zero-order valence-electron chi connectivity index (χ0n) is 24.2. The molecule has 3 heterocycles. The van der Waals surface area contributed by atoms with Crippen LogP contribution in [-0.4, -0.2) is 51.4 Å². The number of carboxylic acids is 1. The molecule has 6 rings (SSSR count). The number of aliphatic imine (C=N–C) groups is 1. The van der Waals surface area contributed by atoms with Crippen LogP contribution in [0.3, 0.4) is 0 Å². The molecule has 0 amide bonds. The first kappa shape index (κ1) is 29.7. The largest absolute Gasteiger partial charge is 0.478 e. The third kappa shape index (κ3) is 5.87. The Balaban J connectivity index is 1.17. The third-order valence-corrected chi connectivity index (χ3v) is 8.49. The van der Waals surface area contributed by atoms with Crippen LogP contribution in [0, 0.1) is 5.82 Å². The number of nitrogens with two attached hydrogens (primary N) is 1. The summed E-state index contributed by atoms with van der Waals surface area (Å²) in [7, 11) is 0. The average Bonchev–Trinajstić information content (AvgIpc) is 3.53. The predicted molar refractivity (Wildman–Crippen MR) is 167 cm³/mol. The molecule has 4 aromatic rings. The second-order valence-corrected chi connectivity index (χ2v) is 11.6. The van der Waals surface area contributed by atoms with Crippen LogP contribution >= 0.6 is 11.6 Å². The summed E-state index contributed by atoms with van der Waals surface area (Å²) in [6, 6.07) is 15.4. The summed E-state index contributed by atoms with van der Waals surface area (Å²) in [6.45, 7) is 5.07.